The third-order valence-electron chi connectivity index (χ3n) is 7.83. The quantitative estimate of drug-likeness (QED) is 0.619. The van der Waals surface area contributed by atoms with Gasteiger partial charge in [-0.25, -0.2) is 9.80 Å². The molecular formula is C24H43N7. The van der Waals surface area contributed by atoms with Crippen LogP contribution in [0.15, 0.2) is 24.3 Å². The Hall–Kier alpha value is -1.22. The van der Waals surface area contributed by atoms with Gasteiger partial charge in [0.1, 0.15) is 18.9 Å². The molecule has 0 bridgehead atoms. The summed E-state index contributed by atoms with van der Waals surface area (Å²) in [5.41, 5.74) is 23.2. The monoisotopic (exact) mass is 429 g/mol. The summed E-state index contributed by atoms with van der Waals surface area (Å²) in [4.78, 5) is 9.45. The maximum absolute atomic E-state index is 6.98. The summed E-state index contributed by atoms with van der Waals surface area (Å²) >= 11 is 0. The average Bonchev–Trinajstić information content (AvgIpc) is 3.05. The molecule has 0 aromatic heterocycles. The fourth-order valence-electron chi connectivity index (χ4n) is 6.05. The van der Waals surface area contributed by atoms with Crippen molar-refractivity contribution in [2.24, 2.45) is 17.2 Å². The Morgan fingerprint density at radius 2 is 1.58 bits per heavy atom. The van der Waals surface area contributed by atoms with Crippen LogP contribution in [0, 0.1) is 6.92 Å². The van der Waals surface area contributed by atoms with Gasteiger partial charge in [0.25, 0.3) is 0 Å². The number of nitrogens with zero attached hydrogens (tertiary/aromatic N) is 4. The first-order valence-corrected chi connectivity index (χ1v) is 12.4. The van der Waals surface area contributed by atoms with Gasteiger partial charge in [0.15, 0.2) is 0 Å². The molecule has 0 amide bonds. The molecule has 2 heterocycles. The topological polar surface area (TPSA) is 91.0 Å². The number of hydrogen-bond acceptors (Lipinski definition) is 7. The van der Waals surface area contributed by atoms with Gasteiger partial charge in [-0.3, -0.25) is 16.4 Å². The van der Waals surface area contributed by atoms with Gasteiger partial charge in [0.05, 0.1) is 0 Å². The fraction of sp³-hybridized carbons (Fsp3) is 0.750. The number of anilines is 1. The van der Waals surface area contributed by atoms with Crippen LogP contribution in [0.1, 0.15) is 63.9 Å². The van der Waals surface area contributed by atoms with E-state index in [-0.39, 0.29) is 18.9 Å². The van der Waals surface area contributed by atoms with Crippen LogP contribution >= 0.6 is 0 Å². The highest BCUT2D eigenvalue weighted by Gasteiger charge is 2.46. The van der Waals surface area contributed by atoms with Gasteiger partial charge in [-0.05, 0) is 57.3 Å². The van der Waals surface area contributed by atoms with Crippen molar-refractivity contribution in [1.82, 2.24) is 14.7 Å². The Morgan fingerprint density at radius 3 is 2.26 bits per heavy atom. The molecule has 4 atom stereocenters. The second-order valence-corrected chi connectivity index (χ2v) is 9.65. The van der Waals surface area contributed by atoms with Gasteiger partial charge in [-0.15, -0.1) is 0 Å². The number of benzene rings is 1. The molecular weight excluding hydrogens is 386 g/mol. The summed E-state index contributed by atoms with van der Waals surface area (Å²) in [7, 11) is 0. The second-order valence-electron chi connectivity index (χ2n) is 9.65. The first kappa shape index (κ1) is 23.0. The Bertz CT molecular complexity index is 705. The van der Waals surface area contributed by atoms with Gasteiger partial charge in [-0.2, -0.15) is 0 Å². The van der Waals surface area contributed by atoms with Crippen molar-refractivity contribution in [3.63, 3.8) is 0 Å². The van der Waals surface area contributed by atoms with Gasteiger partial charge >= 0.3 is 0 Å². The van der Waals surface area contributed by atoms with E-state index in [1.165, 1.54) is 50.6 Å². The van der Waals surface area contributed by atoms with Crippen LogP contribution in [0.3, 0.4) is 0 Å². The molecule has 6 N–H and O–H groups in total. The van der Waals surface area contributed by atoms with Gasteiger partial charge in [0.2, 0.25) is 0 Å². The molecule has 31 heavy (non-hydrogen) atoms. The standard InChI is InChI=1S/C24H43N7/c1-3-28-16-10-14-20(28)17-29-22(25)30(19-12-6-4-5-7-13-19)24(27)31(23(29)26)21-15-9-8-11-18(21)2/h8-9,11,15,19-20,22-24H,3-7,10,12-14,16-17,25-27H2,1-2H3. The van der Waals surface area contributed by atoms with Crippen molar-refractivity contribution in [3.8, 4) is 0 Å². The molecule has 0 spiro atoms. The molecule has 1 saturated carbocycles. The Balaban J connectivity index is 1.67. The van der Waals surface area contributed by atoms with Crippen LogP contribution in [0.5, 0.6) is 0 Å². The predicted molar refractivity (Wildman–Crippen MR) is 128 cm³/mol. The number of nitrogens with two attached hydrogens (primary N) is 3. The largest absolute Gasteiger partial charge is 0.314 e. The maximum atomic E-state index is 6.98. The van der Waals surface area contributed by atoms with Crippen molar-refractivity contribution in [3.05, 3.63) is 29.8 Å². The lowest BCUT2D eigenvalue weighted by molar-refractivity contribution is -0.0917. The predicted octanol–water partition coefficient (Wildman–Crippen LogP) is 2.35. The van der Waals surface area contributed by atoms with Crippen LogP contribution in [0.2, 0.25) is 0 Å². The van der Waals surface area contributed by atoms with Crippen molar-refractivity contribution in [2.75, 3.05) is 24.5 Å². The second kappa shape index (κ2) is 10.1. The summed E-state index contributed by atoms with van der Waals surface area (Å²) in [6.07, 6.45) is 9.00. The summed E-state index contributed by atoms with van der Waals surface area (Å²) in [5, 5.41) is 0. The first-order chi connectivity index (χ1) is 15.0. The van der Waals surface area contributed by atoms with E-state index >= 15 is 0 Å². The molecule has 1 aromatic carbocycles. The molecule has 7 nitrogen and oxygen atoms in total. The summed E-state index contributed by atoms with van der Waals surface area (Å²) in [6.45, 7) is 7.53. The number of likely N-dealkylation sites (N-methyl/N-ethyl adjacent to an activating group) is 1. The molecule has 174 valence electrons. The molecule has 4 unspecified atom stereocenters. The molecule has 7 heteroatoms. The fourth-order valence-corrected chi connectivity index (χ4v) is 6.05. The lowest BCUT2D eigenvalue weighted by Gasteiger charge is -2.57. The zero-order valence-corrected chi connectivity index (χ0v) is 19.5. The van der Waals surface area contributed by atoms with Gasteiger partial charge in [0, 0.05) is 24.3 Å². The van der Waals surface area contributed by atoms with E-state index in [9.17, 15) is 0 Å². The van der Waals surface area contributed by atoms with Crippen molar-refractivity contribution in [1.29, 1.82) is 0 Å². The Kier molecular flexibility index (Phi) is 7.52. The highest BCUT2D eigenvalue weighted by atomic mass is 15.7. The van der Waals surface area contributed by atoms with Crippen LogP contribution < -0.4 is 22.1 Å². The lowest BCUT2D eigenvalue weighted by atomic mass is 10.1. The van der Waals surface area contributed by atoms with E-state index in [4.69, 9.17) is 17.2 Å². The molecule has 3 aliphatic rings. The minimum Gasteiger partial charge on any atom is -0.314 e. The zero-order chi connectivity index (χ0) is 22.0. The van der Waals surface area contributed by atoms with Crippen molar-refractivity contribution < 1.29 is 0 Å². The average molecular weight is 430 g/mol. The molecule has 1 aliphatic carbocycles. The van der Waals surface area contributed by atoms with Crippen LogP contribution in [0.25, 0.3) is 0 Å². The van der Waals surface area contributed by atoms with Crippen LogP contribution in [-0.2, 0) is 0 Å². The van der Waals surface area contributed by atoms with E-state index in [2.05, 4.69) is 57.7 Å². The van der Waals surface area contributed by atoms with E-state index in [0.29, 0.717) is 12.1 Å². The summed E-state index contributed by atoms with van der Waals surface area (Å²) < 4.78 is 0. The number of hydrogen-bond donors (Lipinski definition) is 3. The van der Waals surface area contributed by atoms with Gasteiger partial charge in [-0.1, -0.05) is 50.8 Å². The molecule has 1 aromatic rings. The summed E-state index contributed by atoms with van der Waals surface area (Å²) in [6, 6.07) is 9.34. The number of aryl methyl sites for hydroxylation is 1. The zero-order valence-electron chi connectivity index (χ0n) is 19.5. The van der Waals surface area contributed by atoms with E-state index in [0.717, 1.165) is 31.6 Å². The maximum Gasteiger partial charge on any atom is 0.139 e. The Labute approximate surface area is 188 Å². The normalized spacial score (nSPS) is 32.5. The Morgan fingerprint density at radius 1 is 0.871 bits per heavy atom. The molecule has 2 aliphatic heterocycles. The third kappa shape index (κ3) is 4.63. The van der Waals surface area contributed by atoms with Crippen molar-refractivity contribution >= 4 is 5.69 Å². The smallest absolute Gasteiger partial charge is 0.139 e. The van der Waals surface area contributed by atoms with E-state index in [1.54, 1.807) is 0 Å². The van der Waals surface area contributed by atoms with E-state index in [1.807, 2.05) is 0 Å². The van der Waals surface area contributed by atoms with Gasteiger partial charge < -0.3 is 10.6 Å². The summed E-state index contributed by atoms with van der Waals surface area (Å²) in [5.74, 6) is 0. The minimum absolute atomic E-state index is 0.257. The number of likely N-dealkylation sites (tertiary alicyclic amines) is 1. The van der Waals surface area contributed by atoms with E-state index < -0.39 is 0 Å². The molecule has 3 fully saturated rings. The SMILES string of the molecule is CCN1CCCC1CN1C(N)N(c2ccccc2C)C(N)N(C2CCCCCC2)C1N. The highest BCUT2D eigenvalue weighted by molar-refractivity contribution is 5.54. The van der Waals surface area contributed by atoms with Crippen LogP contribution in [0.4, 0.5) is 5.69 Å². The first-order valence-electron chi connectivity index (χ1n) is 12.4. The van der Waals surface area contributed by atoms with Crippen LogP contribution in [-0.4, -0.2) is 65.3 Å². The minimum atomic E-state index is -0.340. The molecule has 2 saturated heterocycles. The molecule has 4 rings (SSSR count). The number of rotatable bonds is 5. The molecule has 0 radical (unpaired) electrons. The van der Waals surface area contributed by atoms with Crippen molar-refractivity contribution in [2.45, 2.75) is 96.2 Å². The third-order valence-corrected chi connectivity index (χ3v) is 7.83. The number of para-hydroxylation sites is 1. The lowest BCUT2D eigenvalue weighted by Crippen LogP contribution is -2.80. The highest BCUT2D eigenvalue weighted by Crippen LogP contribution is 2.34.